The zero-order valence-corrected chi connectivity index (χ0v) is 14.8. The second kappa shape index (κ2) is 6.56. The zero-order chi connectivity index (χ0) is 15.8. The van der Waals surface area contributed by atoms with Gasteiger partial charge in [-0.25, -0.2) is 0 Å². The molecule has 126 valence electrons. The molecule has 0 spiro atoms. The summed E-state index contributed by atoms with van der Waals surface area (Å²) in [4.78, 5) is 13.7. The highest BCUT2D eigenvalue weighted by atomic mass is 32.1. The van der Waals surface area contributed by atoms with Gasteiger partial charge in [0.2, 0.25) is 5.91 Å². The molecule has 4 saturated carbocycles. The number of nitrogens with one attached hydrogen (secondary N) is 2. The molecule has 2 N–H and O–H groups in total. The van der Waals surface area contributed by atoms with E-state index >= 15 is 0 Å². The van der Waals surface area contributed by atoms with E-state index < -0.39 is 0 Å². The second-order valence-corrected chi connectivity index (χ2v) is 9.00. The lowest BCUT2D eigenvalue weighted by atomic mass is 9.54. The fourth-order valence-electron chi connectivity index (χ4n) is 5.48. The Morgan fingerprint density at radius 1 is 1.22 bits per heavy atom. The highest BCUT2D eigenvalue weighted by Crippen LogP contribution is 2.53. The normalized spacial score (nSPS) is 36.1. The third-order valence-electron chi connectivity index (χ3n) is 6.31. The minimum atomic E-state index is -0.0686. The number of carbonyl (C=O) groups is 1. The fourth-order valence-corrected chi connectivity index (χ4v) is 6.19. The van der Waals surface area contributed by atoms with Gasteiger partial charge in [-0.15, -0.1) is 11.3 Å². The minimum Gasteiger partial charge on any atom is -0.354 e. The smallest absolute Gasteiger partial charge is 0.236 e. The number of hydrogen-bond donors (Lipinski definition) is 2. The largest absolute Gasteiger partial charge is 0.354 e. The van der Waals surface area contributed by atoms with Crippen molar-refractivity contribution < 1.29 is 4.79 Å². The van der Waals surface area contributed by atoms with Crippen LogP contribution >= 0.6 is 11.3 Å². The molecule has 0 saturated heterocycles. The van der Waals surface area contributed by atoms with Crippen LogP contribution in [0.25, 0.3) is 0 Å². The van der Waals surface area contributed by atoms with E-state index in [-0.39, 0.29) is 11.9 Å². The number of carbonyl (C=O) groups excluding carboxylic acids is 1. The lowest BCUT2D eigenvalue weighted by molar-refractivity contribution is -0.123. The van der Waals surface area contributed by atoms with Crippen molar-refractivity contribution in [2.24, 2.45) is 23.7 Å². The van der Waals surface area contributed by atoms with Crippen molar-refractivity contribution >= 4 is 17.2 Å². The summed E-state index contributed by atoms with van der Waals surface area (Å²) >= 11 is 1.76. The van der Waals surface area contributed by atoms with Crippen molar-refractivity contribution in [2.45, 2.75) is 57.5 Å². The van der Waals surface area contributed by atoms with Gasteiger partial charge in [0, 0.05) is 17.5 Å². The minimum absolute atomic E-state index is 0.0686. The Morgan fingerprint density at radius 2 is 1.91 bits per heavy atom. The Kier molecular flexibility index (Phi) is 4.46. The average molecular weight is 333 g/mol. The first kappa shape index (κ1) is 15.6. The van der Waals surface area contributed by atoms with E-state index in [1.54, 1.807) is 11.3 Å². The first-order valence-corrected chi connectivity index (χ1v) is 10.1. The summed E-state index contributed by atoms with van der Waals surface area (Å²) in [6.45, 7) is 2.78. The third-order valence-corrected chi connectivity index (χ3v) is 7.25. The lowest BCUT2D eigenvalue weighted by Gasteiger charge is -2.55. The van der Waals surface area contributed by atoms with Crippen molar-refractivity contribution in [2.75, 3.05) is 6.54 Å². The molecule has 3 nitrogen and oxygen atoms in total. The van der Waals surface area contributed by atoms with Gasteiger partial charge in [0.15, 0.2) is 0 Å². The summed E-state index contributed by atoms with van der Waals surface area (Å²) in [6.07, 6.45) is 8.02. The topological polar surface area (TPSA) is 41.1 Å². The van der Waals surface area contributed by atoms with Crippen molar-refractivity contribution in [1.82, 2.24) is 10.6 Å². The van der Waals surface area contributed by atoms with Crippen molar-refractivity contribution in [3.63, 3.8) is 0 Å². The first-order valence-electron chi connectivity index (χ1n) is 9.25. The van der Waals surface area contributed by atoms with Crippen LogP contribution in [0, 0.1) is 23.7 Å². The predicted molar refractivity (Wildman–Crippen MR) is 94.5 cm³/mol. The first-order chi connectivity index (χ1) is 11.2. The summed E-state index contributed by atoms with van der Waals surface area (Å²) < 4.78 is 0. The van der Waals surface area contributed by atoms with Gasteiger partial charge in [-0.05, 0) is 80.6 Å². The maximum Gasteiger partial charge on any atom is 0.236 e. The zero-order valence-electron chi connectivity index (χ0n) is 14.0. The molecule has 1 atom stereocenters. The molecule has 4 aliphatic rings. The molecule has 0 unspecified atom stereocenters. The Hall–Kier alpha value is -0.870. The summed E-state index contributed by atoms with van der Waals surface area (Å²) in [5.74, 6) is 3.80. The van der Waals surface area contributed by atoms with E-state index in [0.29, 0.717) is 6.04 Å². The molecule has 1 heterocycles. The molecule has 5 rings (SSSR count). The second-order valence-electron chi connectivity index (χ2n) is 7.97. The third kappa shape index (κ3) is 3.34. The highest BCUT2D eigenvalue weighted by molar-refractivity contribution is 7.09. The maximum atomic E-state index is 12.4. The van der Waals surface area contributed by atoms with E-state index in [1.807, 2.05) is 6.92 Å². The van der Waals surface area contributed by atoms with Gasteiger partial charge in [0.05, 0.1) is 6.04 Å². The summed E-state index contributed by atoms with van der Waals surface area (Å²) in [5, 5.41) is 8.89. The van der Waals surface area contributed by atoms with Crippen LogP contribution in [0.5, 0.6) is 0 Å². The molecular formula is C19H28N2OS. The average Bonchev–Trinajstić information content (AvgIpc) is 3.03. The standard InChI is InChI=1S/C19H28N2OS/c1-12(19(22)20-5-4-17-3-2-6-23-17)21-18-15-8-13-7-14(10-15)11-16(18)9-13/h2-3,6,12-16,18,21H,4-5,7-11H2,1H3,(H,20,22)/t12-,13?,14?,15?,16?,18?/m0/s1. The van der Waals surface area contributed by atoms with Crippen LogP contribution in [0.4, 0.5) is 0 Å². The highest BCUT2D eigenvalue weighted by Gasteiger charge is 2.48. The van der Waals surface area contributed by atoms with Crippen LogP contribution < -0.4 is 10.6 Å². The summed E-state index contributed by atoms with van der Waals surface area (Å²) in [5.41, 5.74) is 0. The molecule has 0 aliphatic heterocycles. The van der Waals surface area contributed by atoms with E-state index in [0.717, 1.165) is 36.6 Å². The van der Waals surface area contributed by atoms with Gasteiger partial charge >= 0.3 is 0 Å². The molecule has 4 fully saturated rings. The van der Waals surface area contributed by atoms with Crippen molar-refractivity contribution in [3.05, 3.63) is 22.4 Å². The molecule has 4 heteroatoms. The van der Waals surface area contributed by atoms with Crippen molar-refractivity contribution in [3.8, 4) is 0 Å². The van der Waals surface area contributed by atoms with Gasteiger partial charge in [-0.1, -0.05) is 6.07 Å². The van der Waals surface area contributed by atoms with Gasteiger partial charge in [0.1, 0.15) is 0 Å². The lowest BCUT2D eigenvalue weighted by Crippen LogP contribution is -2.58. The van der Waals surface area contributed by atoms with Crippen LogP contribution in [-0.4, -0.2) is 24.5 Å². The summed E-state index contributed by atoms with van der Waals surface area (Å²) in [6, 6.07) is 4.72. The van der Waals surface area contributed by atoms with Gasteiger partial charge in [-0.2, -0.15) is 0 Å². The number of thiophene rings is 1. The molecule has 23 heavy (non-hydrogen) atoms. The molecule has 1 amide bonds. The van der Waals surface area contributed by atoms with E-state index in [4.69, 9.17) is 0 Å². The quantitative estimate of drug-likeness (QED) is 0.840. The molecule has 4 bridgehead atoms. The summed E-state index contributed by atoms with van der Waals surface area (Å²) in [7, 11) is 0. The van der Waals surface area contributed by atoms with Crippen LogP contribution in [-0.2, 0) is 11.2 Å². The molecule has 0 radical (unpaired) electrons. The molecular weight excluding hydrogens is 304 g/mol. The van der Waals surface area contributed by atoms with Gasteiger partial charge in [-0.3, -0.25) is 4.79 Å². The number of rotatable bonds is 6. The number of hydrogen-bond acceptors (Lipinski definition) is 3. The Morgan fingerprint density at radius 3 is 2.52 bits per heavy atom. The molecule has 1 aromatic heterocycles. The van der Waals surface area contributed by atoms with E-state index in [2.05, 4.69) is 28.1 Å². The maximum absolute atomic E-state index is 12.4. The van der Waals surface area contributed by atoms with Crippen LogP contribution in [0.2, 0.25) is 0 Å². The predicted octanol–water partition coefficient (Wildman–Crippen LogP) is 3.21. The molecule has 0 aromatic carbocycles. The van der Waals surface area contributed by atoms with Crippen LogP contribution in [0.15, 0.2) is 17.5 Å². The Labute approximate surface area is 143 Å². The SMILES string of the molecule is C[C@H](NC1C2CC3CC(C2)CC1C3)C(=O)NCCc1cccs1. The van der Waals surface area contributed by atoms with Gasteiger partial charge in [0.25, 0.3) is 0 Å². The van der Waals surface area contributed by atoms with E-state index in [1.165, 1.54) is 37.0 Å². The van der Waals surface area contributed by atoms with E-state index in [9.17, 15) is 4.79 Å². The molecule has 1 aromatic rings. The van der Waals surface area contributed by atoms with Crippen molar-refractivity contribution in [1.29, 1.82) is 0 Å². The van der Waals surface area contributed by atoms with Crippen LogP contribution in [0.3, 0.4) is 0 Å². The fraction of sp³-hybridized carbons (Fsp3) is 0.737. The van der Waals surface area contributed by atoms with Gasteiger partial charge < -0.3 is 10.6 Å². The number of amides is 1. The molecule has 4 aliphatic carbocycles. The Balaban J connectivity index is 1.26. The van der Waals surface area contributed by atoms with Crippen LogP contribution in [0.1, 0.15) is 43.9 Å². The Bertz CT molecular complexity index is 514. The monoisotopic (exact) mass is 332 g/mol.